The maximum Gasteiger partial charge on any atom is 0.236 e. The summed E-state index contributed by atoms with van der Waals surface area (Å²) in [5, 5.41) is 6.95. The maximum atomic E-state index is 13.3. The minimum atomic E-state index is -0.243. The van der Waals surface area contributed by atoms with Gasteiger partial charge in [0, 0.05) is 39.3 Å². The predicted octanol–water partition coefficient (Wildman–Crippen LogP) is 5.17. The number of nitrogens with one attached hydrogen (secondary N) is 2. The molecule has 1 aliphatic rings. The second kappa shape index (κ2) is 27.7. The molecule has 2 N–H and O–H groups in total. The number of carbonyl (C=O) groups is 2. The Kier molecular flexibility index (Phi) is 23.6. The molecule has 0 aliphatic carbocycles. The lowest BCUT2D eigenvalue weighted by Gasteiger charge is -2.26. The molecule has 1 heterocycles. The van der Waals surface area contributed by atoms with Gasteiger partial charge in [-0.15, -0.1) is 0 Å². The van der Waals surface area contributed by atoms with Crippen molar-refractivity contribution in [2.75, 3.05) is 92.1 Å². The number of carbonyl (C=O) groups excluding carboxylic acids is 2. The molecule has 0 unspecified atom stereocenters. The Bertz CT molecular complexity index is 1040. The normalized spacial score (nSPS) is 17.4. The van der Waals surface area contributed by atoms with E-state index in [0.717, 1.165) is 64.7 Å². The van der Waals surface area contributed by atoms with E-state index in [0.29, 0.717) is 79.0 Å². The van der Waals surface area contributed by atoms with Gasteiger partial charge in [-0.3, -0.25) is 9.59 Å². The molecule has 0 aromatic heterocycles. The first kappa shape index (κ1) is 42.5. The average Bonchev–Trinajstić information content (AvgIpc) is 3.14. The Hall–Kier alpha value is -1.90. The summed E-state index contributed by atoms with van der Waals surface area (Å²) in [4.78, 5) is 29.7. The van der Waals surface area contributed by atoms with E-state index >= 15 is 0 Å². The van der Waals surface area contributed by atoms with Crippen molar-refractivity contribution in [3.05, 3.63) is 71.8 Å². The van der Waals surface area contributed by atoms with Crippen LogP contribution in [0.15, 0.2) is 60.7 Å². The van der Waals surface area contributed by atoms with Gasteiger partial charge < -0.3 is 39.4 Å². The van der Waals surface area contributed by atoms with Gasteiger partial charge in [0.15, 0.2) is 0 Å². The van der Waals surface area contributed by atoms with Crippen LogP contribution < -0.4 is 10.6 Å². The fourth-order valence-electron chi connectivity index (χ4n) is 5.45. The lowest BCUT2D eigenvalue weighted by Crippen LogP contribution is -2.42. The van der Waals surface area contributed by atoms with E-state index in [4.69, 9.17) is 18.9 Å². The van der Waals surface area contributed by atoms with Crippen molar-refractivity contribution in [1.82, 2.24) is 20.4 Å². The molecule has 12 heteroatoms. The molecule has 0 saturated carbocycles. The van der Waals surface area contributed by atoms with Gasteiger partial charge in [-0.25, -0.2) is 0 Å². The van der Waals surface area contributed by atoms with Crippen LogP contribution in [0.4, 0.5) is 0 Å². The van der Waals surface area contributed by atoms with E-state index in [1.54, 1.807) is 0 Å². The SMILES string of the molecule is O=C([C@H](Br)CCCCNCc1ccccc1)N1CCOCCOCCN(C(=O)[C@H](Br)CCCCNCc2ccccc2)CCOCCOCC1. The molecule has 0 spiro atoms. The highest BCUT2D eigenvalue weighted by Gasteiger charge is 2.23. The van der Waals surface area contributed by atoms with E-state index in [9.17, 15) is 9.59 Å². The van der Waals surface area contributed by atoms with Crippen LogP contribution in [0, 0.1) is 0 Å². The van der Waals surface area contributed by atoms with Gasteiger partial charge >= 0.3 is 0 Å². The van der Waals surface area contributed by atoms with Crippen LogP contribution in [0.3, 0.4) is 0 Å². The molecule has 1 fully saturated rings. The molecule has 1 saturated heterocycles. The molecular weight excluding hydrogens is 768 g/mol. The monoisotopic (exact) mass is 824 g/mol. The van der Waals surface area contributed by atoms with Crippen molar-refractivity contribution in [2.45, 2.75) is 61.3 Å². The number of amides is 2. The summed E-state index contributed by atoms with van der Waals surface area (Å²) in [6, 6.07) is 20.7. The topological polar surface area (TPSA) is 102 Å². The summed E-state index contributed by atoms with van der Waals surface area (Å²) in [5.41, 5.74) is 2.55. The first-order valence-electron chi connectivity index (χ1n) is 18.2. The third-order valence-electron chi connectivity index (χ3n) is 8.39. The standard InChI is InChI=1S/C38H58Br2N4O6/c39-35(15-7-9-17-41-31-33-11-3-1-4-12-33)37(45)43-19-23-47-27-29-49-25-21-44(22-26-50-30-28-48-24-20-43)38(46)36(40)16-8-10-18-42-32-34-13-5-2-6-14-34/h1-6,11-14,35-36,41-42H,7-10,15-32H2/t35-,36-/m1/s1. The van der Waals surface area contributed by atoms with Gasteiger partial charge in [0.05, 0.1) is 62.5 Å². The summed E-state index contributed by atoms with van der Waals surface area (Å²) in [5.74, 6) is 0.122. The number of alkyl halides is 2. The first-order chi connectivity index (χ1) is 24.5. The van der Waals surface area contributed by atoms with Crippen molar-refractivity contribution < 1.29 is 28.5 Å². The Morgan fingerprint density at radius 3 is 1.22 bits per heavy atom. The number of rotatable bonds is 16. The molecule has 0 radical (unpaired) electrons. The first-order valence-corrected chi connectivity index (χ1v) is 20.0. The van der Waals surface area contributed by atoms with Crippen molar-refractivity contribution in [2.24, 2.45) is 0 Å². The third kappa shape index (κ3) is 19.1. The minimum absolute atomic E-state index is 0.0610. The molecule has 2 aromatic carbocycles. The fraction of sp³-hybridized carbons (Fsp3) is 0.632. The summed E-state index contributed by atoms with van der Waals surface area (Å²) in [6.45, 7) is 8.81. The van der Waals surface area contributed by atoms with E-state index in [2.05, 4.69) is 91.0 Å². The number of unbranched alkanes of at least 4 members (excludes halogenated alkanes) is 2. The summed E-state index contributed by atoms with van der Waals surface area (Å²) in [6.07, 6.45) is 5.45. The smallest absolute Gasteiger partial charge is 0.236 e. The molecule has 50 heavy (non-hydrogen) atoms. The molecule has 3 rings (SSSR count). The molecule has 2 atom stereocenters. The summed E-state index contributed by atoms with van der Waals surface area (Å²) in [7, 11) is 0. The molecule has 10 nitrogen and oxygen atoms in total. The highest BCUT2D eigenvalue weighted by Crippen LogP contribution is 2.15. The zero-order valence-corrected chi connectivity index (χ0v) is 32.8. The van der Waals surface area contributed by atoms with Crippen LogP contribution in [-0.2, 0) is 41.6 Å². The van der Waals surface area contributed by atoms with E-state index in [1.165, 1.54) is 11.1 Å². The van der Waals surface area contributed by atoms with Crippen LogP contribution >= 0.6 is 31.9 Å². The molecule has 2 aromatic rings. The van der Waals surface area contributed by atoms with Gasteiger partial charge in [0.1, 0.15) is 0 Å². The quantitative estimate of drug-likeness (QED) is 0.177. The van der Waals surface area contributed by atoms with E-state index in [-0.39, 0.29) is 21.5 Å². The van der Waals surface area contributed by atoms with Crippen LogP contribution in [0.25, 0.3) is 0 Å². The fourth-order valence-corrected chi connectivity index (χ4v) is 6.68. The summed E-state index contributed by atoms with van der Waals surface area (Å²) >= 11 is 7.27. The van der Waals surface area contributed by atoms with Gasteiger partial charge in [0.2, 0.25) is 11.8 Å². The second-order valence-electron chi connectivity index (χ2n) is 12.4. The molecule has 1 aliphatic heterocycles. The van der Waals surface area contributed by atoms with E-state index < -0.39 is 0 Å². The van der Waals surface area contributed by atoms with Crippen LogP contribution in [-0.4, -0.2) is 123 Å². The summed E-state index contributed by atoms with van der Waals surface area (Å²) < 4.78 is 23.3. The molecule has 280 valence electrons. The number of halogens is 2. The molecule has 0 bridgehead atoms. The lowest BCUT2D eigenvalue weighted by molar-refractivity contribution is -0.133. The zero-order valence-electron chi connectivity index (χ0n) is 29.6. The van der Waals surface area contributed by atoms with Gasteiger partial charge in [-0.2, -0.15) is 0 Å². The number of benzene rings is 2. The van der Waals surface area contributed by atoms with Gasteiger partial charge in [0.25, 0.3) is 0 Å². The number of ether oxygens (including phenoxy) is 4. The minimum Gasteiger partial charge on any atom is -0.377 e. The van der Waals surface area contributed by atoms with Crippen molar-refractivity contribution in [1.29, 1.82) is 0 Å². The van der Waals surface area contributed by atoms with Crippen LogP contribution in [0.1, 0.15) is 49.7 Å². The lowest BCUT2D eigenvalue weighted by atomic mass is 10.1. The number of hydrogen-bond acceptors (Lipinski definition) is 8. The highest BCUT2D eigenvalue weighted by molar-refractivity contribution is 9.10. The van der Waals surface area contributed by atoms with Gasteiger partial charge in [-0.1, -0.05) is 105 Å². The predicted molar refractivity (Wildman–Crippen MR) is 206 cm³/mol. The largest absolute Gasteiger partial charge is 0.377 e. The number of nitrogens with zero attached hydrogens (tertiary/aromatic N) is 2. The van der Waals surface area contributed by atoms with Gasteiger partial charge in [-0.05, 0) is 49.9 Å². The highest BCUT2D eigenvalue weighted by atomic mass is 79.9. The third-order valence-corrected chi connectivity index (χ3v) is 10.1. The molecule has 2 amide bonds. The Morgan fingerprint density at radius 2 is 0.880 bits per heavy atom. The second-order valence-corrected chi connectivity index (χ2v) is 14.6. The van der Waals surface area contributed by atoms with Crippen molar-refractivity contribution >= 4 is 43.7 Å². The Labute approximate surface area is 316 Å². The Morgan fingerprint density at radius 1 is 0.540 bits per heavy atom. The zero-order chi connectivity index (χ0) is 35.5. The molecular formula is C38H58Br2N4O6. The number of hydrogen-bond donors (Lipinski definition) is 2. The average molecular weight is 827 g/mol. The van der Waals surface area contributed by atoms with Crippen molar-refractivity contribution in [3.8, 4) is 0 Å². The van der Waals surface area contributed by atoms with E-state index in [1.807, 2.05) is 21.9 Å². The van der Waals surface area contributed by atoms with Crippen LogP contribution in [0.2, 0.25) is 0 Å². The Balaban J connectivity index is 1.31. The maximum absolute atomic E-state index is 13.3. The van der Waals surface area contributed by atoms with Crippen LogP contribution in [0.5, 0.6) is 0 Å². The van der Waals surface area contributed by atoms with Crippen molar-refractivity contribution in [3.63, 3.8) is 0 Å².